The lowest BCUT2D eigenvalue weighted by atomic mass is 9.94. The SMILES string of the molecule is COc1cc2c(cc1CN1C[C@H]3CC[C@@H]1CN(Cc1nc[nH]c1C)C3)CCC2. The second kappa shape index (κ2) is 7.53. The van der Waals surface area contributed by atoms with Crippen molar-refractivity contribution >= 4 is 0 Å². The van der Waals surface area contributed by atoms with Gasteiger partial charge in [-0.1, -0.05) is 6.07 Å². The first-order valence-electron chi connectivity index (χ1n) is 10.8. The third-order valence-electron chi connectivity index (χ3n) is 7.08. The molecule has 5 nitrogen and oxygen atoms in total. The van der Waals surface area contributed by atoms with Crippen LogP contribution in [-0.4, -0.2) is 52.6 Å². The number of ether oxygens (including phenoxy) is 1. The summed E-state index contributed by atoms with van der Waals surface area (Å²) in [5.41, 5.74) is 6.83. The topological polar surface area (TPSA) is 44.4 Å². The van der Waals surface area contributed by atoms with Gasteiger partial charge in [-0.15, -0.1) is 0 Å². The molecule has 2 bridgehead atoms. The maximum atomic E-state index is 5.78. The number of aryl methyl sites for hydroxylation is 3. The molecule has 0 spiro atoms. The minimum absolute atomic E-state index is 0.635. The monoisotopic (exact) mass is 380 g/mol. The Labute approximate surface area is 168 Å². The molecule has 4 heterocycles. The van der Waals surface area contributed by atoms with Crippen LogP contribution in [0.4, 0.5) is 0 Å². The number of methoxy groups -OCH3 is 1. The molecule has 4 aliphatic rings. The molecule has 6 rings (SSSR count). The normalized spacial score (nSPS) is 25.1. The highest BCUT2D eigenvalue weighted by atomic mass is 16.5. The van der Waals surface area contributed by atoms with Crippen LogP contribution in [-0.2, 0) is 25.9 Å². The Balaban J connectivity index is 1.33. The predicted molar refractivity (Wildman–Crippen MR) is 111 cm³/mol. The number of benzene rings is 1. The number of nitrogens with one attached hydrogen (secondary N) is 1. The maximum Gasteiger partial charge on any atom is 0.123 e. The maximum absolute atomic E-state index is 5.78. The Morgan fingerprint density at radius 3 is 2.75 bits per heavy atom. The van der Waals surface area contributed by atoms with Gasteiger partial charge in [-0.25, -0.2) is 4.98 Å². The van der Waals surface area contributed by atoms with Gasteiger partial charge in [0.25, 0.3) is 0 Å². The van der Waals surface area contributed by atoms with Gasteiger partial charge < -0.3 is 9.72 Å². The second-order valence-electron chi connectivity index (χ2n) is 8.98. The zero-order chi connectivity index (χ0) is 19.1. The molecule has 28 heavy (non-hydrogen) atoms. The first-order chi connectivity index (χ1) is 13.7. The largest absolute Gasteiger partial charge is 0.496 e. The number of piperidine rings is 1. The number of imidazole rings is 1. The zero-order valence-corrected chi connectivity index (χ0v) is 17.2. The molecule has 0 amide bonds. The summed E-state index contributed by atoms with van der Waals surface area (Å²) in [6.45, 7) is 7.67. The van der Waals surface area contributed by atoms with Crippen LogP contribution in [0.15, 0.2) is 18.5 Å². The second-order valence-corrected chi connectivity index (χ2v) is 8.98. The molecule has 2 atom stereocenters. The van der Waals surface area contributed by atoms with E-state index in [-0.39, 0.29) is 0 Å². The van der Waals surface area contributed by atoms with E-state index in [9.17, 15) is 0 Å². The van der Waals surface area contributed by atoms with Gasteiger partial charge in [0.15, 0.2) is 0 Å². The van der Waals surface area contributed by atoms with Crippen LogP contribution in [0, 0.1) is 12.8 Å². The molecule has 1 N–H and O–H groups in total. The minimum Gasteiger partial charge on any atom is -0.496 e. The molecule has 1 aromatic heterocycles. The third kappa shape index (κ3) is 3.46. The van der Waals surface area contributed by atoms with Crippen molar-refractivity contribution < 1.29 is 4.74 Å². The fourth-order valence-electron chi connectivity index (χ4n) is 5.54. The van der Waals surface area contributed by atoms with Crippen molar-refractivity contribution in [2.24, 2.45) is 5.92 Å². The molecule has 2 aromatic rings. The van der Waals surface area contributed by atoms with Crippen molar-refractivity contribution in [1.82, 2.24) is 19.8 Å². The molecule has 1 aromatic carbocycles. The van der Waals surface area contributed by atoms with Gasteiger partial charge in [0, 0.05) is 50.0 Å². The standard InChI is InChI=1S/C23H32N4O/c1-16-22(25-15-24-16)14-26-10-17-6-7-21(13-26)27(11-17)12-20-8-18-4-3-5-19(18)9-23(20)28-2/h8-9,15,17,21H,3-7,10-14H2,1-2H3,(H,24,25)/t17-,21+/m0/s1. The Morgan fingerprint density at radius 1 is 1.11 bits per heavy atom. The molecule has 0 unspecified atom stereocenters. The average Bonchev–Trinajstić information content (AvgIpc) is 3.21. The molecule has 150 valence electrons. The first-order valence-corrected chi connectivity index (χ1v) is 10.8. The van der Waals surface area contributed by atoms with Gasteiger partial charge in [0.05, 0.1) is 19.1 Å². The molecule has 0 radical (unpaired) electrons. The van der Waals surface area contributed by atoms with E-state index in [4.69, 9.17) is 4.74 Å². The van der Waals surface area contributed by atoms with Crippen LogP contribution in [0.2, 0.25) is 0 Å². The smallest absolute Gasteiger partial charge is 0.123 e. The van der Waals surface area contributed by atoms with Crippen LogP contribution in [0.5, 0.6) is 5.75 Å². The zero-order valence-electron chi connectivity index (χ0n) is 17.2. The van der Waals surface area contributed by atoms with Crippen LogP contribution >= 0.6 is 0 Å². The summed E-state index contributed by atoms with van der Waals surface area (Å²) in [5.74, 6) is 1.85. The highest BCUT2D eigenvalue weighted by Gasteiger charge is 2.35. The van der Waals surface area contributed by atoms with Crippen LogP contribution < -0.4 is 4.74 Å². The lowest BCUT2D eigenvalue weighted by Gasteiger charge is -2.36. The van der Waals surface area contributed by atoms with Gasteiger partial charge in [-0.2, -0.15) is 0 Å². The minimum atomic E-state index is 0.635. The van der Waals surface area contributed by atoms with Crippen molar-refractivity contribution in [2.75, 3.05) is 26.7 Å². The molecule has 5 heteroatoms. The number of aromatic nitrogens is 2. The lowest BCUT2D eigenvalue weighted by molar-refractivity contribution is 0.122. The van der Waals surface area contributed by atoms with Gasteiger partial charge >= 0.3 is 0 Å². The molecule has 3 saturated heterocycles. The summed E-state index contributed by atoms with van der Waals surface area (Å²) in [7, 11) is 1.82. The Kier molecular flexibility index (Phi) is 4.89. The number of aromatic amines is 1. The number of nitrogens with zero attached hydrogens (tertiary/aromatic N) is 3. The van der Waals surface area contributed by atoms with Crippen molar-refractivity contribution in [3.05, 3.63) is 46.5 Å². The summed E-state index contributed by atoms with van der Waals surface area (Å²) in [6.07, 6.45) is 8.23. The number of H-pyrrole nitrogens is 1. The number of hydrogen-bond donors (Lipinski definition) is 1. The van der Waals surface area contributed by atoms with E-state index in [2.05, 4.69) is 38.8 Å². The van der Waals surface area contributed by atoms with Gasteiger partial charge in [0.2, 0.25) is 0 Å². The van der Waals surface area contributed by atoms with E-state index in [0.29, 0.717) is 6.04 Å². The number of hydrogen-bond acceptors (Lipinski definition) is 4. The van der Waals surface area contributed by atoms with E-state index < -0.39 is 0 Å². The fourth-order valence-corrected chi connectivity index (χ4v) is 5.54. The Bertz CT molecular complexity index is 845. The molecule has 1 aliphatic carbocycles. The highest BCUT2D eigenvalue weighted by Crippen LogP contribution is 2.34. The predicted octanol–water partition coefficient (Wildman–Crippen LogP) is 3.31. The third-order valence-corrected chi connectivity index (χ3v) is 7.08. The van der Waals surface area contributed by atoms with Gasteiger partial charge in [0.1, 0.15) is 5.75 Å². The van der Waals surface area contributed by atoms with E-state index in [1.54, 1.807) is 5.56 Å². The molecule has 3 fully saturated rings. The summed E-state index contributed by atoms with van der Waals surface area (Å²) < 4.78 is 5.78. The van der Waals surface area contributed by atoms with Gasteiger partial charge in [-0.05, 0) is 62.1 Å². The van der Waals surface area contributed by atoms with Gasteiger partial charge in [-0.3, -0.25) is 9.80 Å². The molecular formula is C23H32N4O. The quantitative estimate of drug-likeness (QED) is 0.864. The first kappa shape index (κ1) is 18.2. The summed E-state index contributed by atoms with van der Waals surface area (Å²) >= 11 is 0. The summed E-state index contributed by atoms with van der Waals surface area (Å²) in [4.78, 5) is 13.1. The summed E-state index contributed by atoms with van der Waals surface area (Å²) in [6, 6.07) is 5.38. The van der Waals surface area contributed by atoms with Crippen molar-refractivity contribution in [3.63, 3.8) is 0 Å². The van der Waals surface area contributed by atoms with Crippen molar-refractivity contribution in [3.8, 4) is 5.75 Å². The van der Waals surface area contributed by atoms with Crippen molar-refractivity contribution in [2.45, 2.75) is 58.2 Å². The van der Waals surface area contributed by atoms with E-state index in [1.807, 2.05) is 13.4 Å². The van der Waals surface area contributed by atoms with E-state index in [1.165, 1.54) is 67.7 Å². The summed E-state index contributed by atoms with van der Waals surface area (Å²) in [5, 5.41) is 0. The average molecular weight is 381 g/mol. The fraction of sp³-hybridized carbons (Fsp3) is 0.609. The number of fused-ring (bicyclic) bond motifs is 5. The molecule has 3 aliphatic heterocycles. The van der Waals surface area contributed by atoms with E-state index >= 15 is 0 Å². The van der Waals surface area contributed by atoms with E-state index in [0.717, 1.165) is 31.3 Å². The Hall–Kier alpha value is -1.85. The van der Waals surface area contributed by atoms with Crippen LogP contribution in [0.25, 0.3) is 0 Å². The van der Waals surface area contributed by atoms with Crippen molar-refractivity contribution in [1.29, 1.82) is 0 Å². The Morgan fingerprint density at radius 2 is 1.96 bits per heavy atom. The van der Waals surface area contributed by atoms with Crippen LogP contribution in [0.3, 0.4) is 0 Å². The molecule has 0 saturated carbocycles. The number of rotatable bonds is 5. The lowest BCUT2D eigenvalue weighted by Crippen LogP contribution is -2.43. The molecular weight excluding hydrogens is 348 g/mol. The van der Waals surface area contributed by atoms with Crippen LogP contribution in [0.1, 0.15) is 47.3 Å². The highest BCUT2D eigenvalue weighted by molar-refractivity contribution is 5.44.